The number of fused-ring (bicyclic) bond motifs is 1. The van der Waals surface area contributed by atoms with Crippen LogP contribution >= 0.6 is 11.9 Å². The van der Waals surface area contributed by atoms with Gasteiger partial charge in [0.1, 0.15) is 24.4 Å². The van der Waals surface area contributed by atoms with Crippen molar-refractivity contribution in [1.82, 2.24) is 14.2 Å². The Morgan fingerprint density at radius 1 is 0.947 bits per heavy atom. The number of rotatable bonds is 4. The highest BCUT2D eigenvalue weighted by Crippen LogP contribution is 2.39. The van der Waals surface area contributed by atoms with E-state index in [0.29, 0.717) is 6.61 Å². The number of likely N-dealkylation sites (tertiary alicyclic amines) is 1. The molecule has 9 nitrogen and oxygen atoms in total. The van der Waals surface area contributed by atoms with E-state index in [4.69, 9.17) is 14.2 Å². The molecular formula is C28H40N4O5S. The van der Waals surface area contributed by atoms with Crippen molar-refractivity contribution in [3.05, 3.63) is 36.7 Å². The maximum Gasteiger partial charge on any atom is 0.143 e. The van der Waals surface area contributed by atoms with Crippen molar-refractivity contribution in [1.29, 1.82) is 0 Å². The van der Waals surface area contributed by atoms with Gasteiger partial charge in [-0.05, 0) is 76.0 Å². The second-order valence-corrected chi connectivity index (χ2v) is 10.9. The van der Waals surface area contributed by atoms with Crippen LogP contribution in [0.4, 0.5) is 11.4 Å². The van der Waals surface area contributed by atoms with Gasteiger partial charge in [0.25, 0.3) is 0 Å². The molecule has 0 unspecified atom stereocenters. The highest BCUT2D eigenvalue weighted by molar-refractivity contribution is 7.97. The molecule has 6 rings (SSSR count). The first-order valence-electron chi connectivity index (χ1n) is 13.5. The van der Waals surface area contributed by atoms with Crippen molar-refractivity contribution in [2.45, 2.75) is 30.6 Å². The predicted octanol–water partition coefficient (Wildman–Crippen LogP) is 3.98. The van der Waals surface area contributed by atoms with E-state index in [0.717, 1.165) is 87.2 Å². The molecule has 2 aromatic rings. The second-order valence-electron chi connectivity index (χ2n) is 9.76. The van der Waals surface area contributed by atoms with Crippen LogP contribution in [0.1, 0.15) is 25.7 Å². The molecule has 0 spiro atoms. The highest BCUT2D eigenvalue weighted by Gasteiger charge is 2.21. The molecule has 4 aliphatic heterocycles. The summed E-state index contributed by atoms with van der Waals surface area (Å²) in [5.41, 5.74) is 1.87. The number of phenolic OH excluding ortho intramolecular Hbond substituents is 1. The number of hydrogen-bond acceptors (Lipinski definition) is 10. The Morgan fingerprint density at radius 2 is 1.68 bits per heavy atom. The number of benzene rings is 1. The van der Waals surface area contributed by atoms with Gasteiger partial charge >= 0.3 is 0 Å². The summed E-state index contributed by atoms with van der Waals surface area (Å²) < 4.78 is 18.4. The van der Waals surface area contributed by atoms with Crippen LogP contribution in [-0.4, -0.2) is 98.4 Å². The van der Waals surface area contributed by atoms with Crippen molar-refractivity contribution >= 4 is 29.6 Å². The Hall–Kier alpha value is -2.37. The molecule has 5 heterocycles. The van der Waals surface area contributed by atoms with E-state index >= 15 is 0 Å². The molecule has 3 saturated heterocycles. The van der Waals surface area contributed by atoms with E-state index < -0.39 is 0 Å². The van der Waals surface area contributed by atoms with E-state index in [2.05, 4.69) is 32.2 Å². The van der Waals surface area contributed by atoms with Crippen LogP contribution in [0.3, 0.4) is 0 Å². The van der Waals surface area contributed by atoms with Crippen LogP contribution in [-0.2, 0) is 14.3 Å². The SMILES string of the molecule is CN1CCCC1.O=CC1CCOCC1.Oc1ccc2c(c1)N(c1cncc(SN3CCOCC3)c1)CCO2. The van der Waals surface area contributed by atoms with Crippen LogP contribution in [0.15, 0.2) is 41.6 Å². The number of pyridine rings is 1. The molecule has 0 amide bonds. The first-order chi connectivity index (χ1) is 18.6. The molecule has 0 saturated carbocycles. The average molecular weight is 545 g/mol. The van der Waals surface area contributed by atoms with Crippen LogP contribution in [0.2, 0.25) is 0 Å². The lowest BCUT2D eigenvalue weighted by atomic mass is 10.0. The Morgan fingerprint density at radius 3 is 2.34 bits per heavy atom. The summed E-state index contributed by atoms with van der Waals surface area (Å²) in [6, 6.07) is 7.31. The first kappa shape index (κ1) is 28.6. The number of anilines is 2. The summed E-state index contributed by atoms with van der Waals surface area (Å²) >= 11 is 1.71. The normalized spacial score (nSPS) is 20.3. The predicted molar refractivity (Wildman–Crippen MR) is 149 cm³/mol. The summed E-state index contributed by atoms with van der Waals surface area (Å²) in [6.45, 7) is 8.90. The lowest BCUT2D eigenvalue weighted by Crippen LogP contribution is -2.31. The molecule has 10 heteroatoms. The number of carbonyl (C=O) groups is 1. The molecule has 208 valence electrons. The molecule has 0 bridgehead atoms. The number of phenols is 1. The van der Waals surface area contributed by atoms with Gasteiger partial charge in [-0.1, -0.05) is 0 Å². The zero-order valence-electron chi connectivity index (χ0n) is 22.3. The van der Waals surface area contributed by atoms with Gasteiger partial charge in [0, 0.05) is 49.4 Å². The third-order valence-corrected chi connectivity index (χ3v) is 7.87. The monoisotopic (exact) mass is 544 g/mol. The van der Waals surface area contributed by atoms with Crippen LogP contribution < -0.4 is 9.64 Å². The molecular weight excluding hydrogens is 504 g/mol. The second kappa shape index (κ2) is 15.3. The van der Waals surface area contributed by atoms with Gasteiger partial charge < -0.3 is 33.9 Å². The maximum absolute atomic E-state index is 10.1. The number of ether oxygens (including phenoxy) is 3. The number of carbonyl (C=O) groups excluding carboxylic acids is 1. The molecule has 0 aliphatic carbocycles. The number of morpholine rings is 1. The molecule has 3 fully saturated rings. The fraction of sp³-hybridized carbons (Fsp3) is 0.571. The highest BCUT2D eigenvalue weighted by atomic mass is 32.2. The minimum Gasteiger partial charge on any atom is -0.508 e. The fourth-order valence-corrected chi connectivity index (χ4v) is 5.50. The first-order valence-corrected chi connectivity index (χ1v) is 14.3. The average Bonchev–Trinajstić information content (AvgIpc) is 3.45. The van der Waals surface area contributed by atoms with E-state index in [1.165, 1.54) is 25.9 Å². The van der Waals surface area contributed by atoms with Gasteiger partial charge in [0.05, 0.1) is 37.3 Å². The lowest BCUT2D eigenvalue weighted by Gasteiger charge is -2.31. The van der Waals surface area contributed by atoms with Crippen molar-refractivity contribution in [2.24, 2.45) is 5.92 Å². The van der Waals surface area contributed by atoms with E-state index in [9.17, 15) is 9.90 Å². The van der Waals surface area contributed by atoms with Crippen molar-refractivity contribution < 1.29 is 24.1 Å². The molecule has 1 aromatic carbocycles. The standard InChI is InChI=1S/C17H19N3O3S.C6H10O2.C5H11N/c21-14-1-2-17-16(10-14)20(5-8-23-17)13-9-15(12-18-11-13)24-19-3-6-22-7-4-19;7-5-6-1-3-8-4-2-6;1-6-4-2-3-5-6/h1-2,9-12,21H,3-8H2;5-6H,1-4H2;2-5H2,1H3. The molecule has 1 N–H and O–H groups in total. The van der Waals surface area contributed by atoms with Crippen LogP contribution in [0, 0.1) is 5.92 Å². The van der Waals surface area contributed by atoms with Gasteiger partial charge in [0.2, 0.25) is 0 Å². The molecule has 4 aliphatic rings. The number of aromatic hydroxyl groups is 1. The molecule has 38 heavy (non-hydrogen) atoms. The third kappa shape index (κ3) is 8.84. The zero-order chi connectivity index (χ0) is 26.6. The van der Waals surface area contributed by atoms with Gasteiger partial charge in [-0.15, -0.1) is 0 Å². The minimum atomic E-state index is 0.232. The molecule has 1 aromatic heterocycles. The largest absolute Gasteiger partial charge is 0.508 e. The minimum absolute atomic E-state index is 0.232. The number of aromatic nitrogens is 1. The summed E-state index contributed by atoms with van der Waals surface area (Å²) in [7, 11) is 2.17. The van der Waals surface area contributed by atoms with Gasteiger partial charge in [0.15, 0.2) is 0 Å². The summed E-state index contributed by atoms with van der Waals surface area (Å²) in [5, 5.41) is 9.80. The maximum atomic E-state index is 10.1. The Balaban J connectivity index is 0.000000195. The van der Waals surface area contributed by atoms with Crippen molar-refractivity contribution in [3.63, 3.8) is 0 Å². The van der Waals surface area contributed by atoms with E-state index in [1.807, 2.05) is 12.4 Å². The lowest BCUT2D eigenvalue weighted by molar-refractivity contribution is -0.113. The quantitative estimate of drug-likeness (QED) is 0.450. The Bertz CT molecular complexity index is 995. The summed E-state index contributed by atoms with van der Waals surface area (Å²) in [5.74, 6) is 1.30. The third-order valence-electron chi connectivity index (χ3n) is 6.81. The number of hydrogen-bond donors (Lipinski definition) is 1. The number of aldehydes is 1. The van der Waals surface area contributed by atoms with Crippen molar-refractivity contribution in [2.75, 3.05) is 77.7 Å². The van der Waals surface area contributed by atoms with Gasteiger partial charge in [-0.3, -0.25) is 4.98 Å². The molecule has 0 atom stereocenters. The number of nitrogens with zero attached hydrogens (tertiary/aromatic N) is 4. The fourth-order valence-electron chi connectivity index (χ4n) is 4.59. The summed E-state index contributed by atoms with van der Waals surface area (Å²) in [4.78, 5) is 20.1. The summed E-state index contributed by atoms with van der Waals surface area (Å²) in [6.07, 6.45) is 9.43. The Kier molecular flexibility index (Phi) is 11.5. The topological polar surface area (TPSA) is 87.6 Å². The molecule has 0 radical (unpaired) electrons. The van der Waals surface area contributed by atoms with Crippen LogP contribution in [0.5, 0.6) is 11.5 Å². The van der Waals surface area contributed by atoms with Gasteiger partial charge in [-0.2, -0.15) is 0 Å². The zero-order valence-corrected chi connectivity index (χ0v) is 23.1. The smallest absolute Gasteiger partial charge is 0.143 e. The van der Waals surface area contributed by atoms with Crippen LogP contribution in [0.25, 0.3) is 0 Å². The van der Waals surface area contributed by atoms with E-state index in [1.54, 1.807) is 30.1 Å². The van der Waals surface area contributed by atoms with Gasteiger partial charge in [-0.25, -0.2) is 4.31 Å². The Labute approximate surface area is 230 Å². The van der Waals surface area contributed by atoms with E-state index in [-0.39, 0.29) is 11.7 Å². The van der Waals surface area contributed by atoms with Crippen molar-refractivity contribution in [3.8, 4) is 11.5 Å².